The second kappa shape index (κ2) is 6.21. The maximum atomic E-state index is 11.5. The van der Waals surface area contributed by atoms with E-state index in [0.717, 1.165) is 13.0 Å². The molecule has 1 aliphatic heterocycles. The molecular weight excluding hydrogens is 206 g/mol. The number of hydrogen-bond donors (Lipinski definition) is 1. The van der Waals surface area contributed by atoms with Crippen molar-refractivity contribution in [2.75, 3.05) is 26.2 Å². The Hall–Kier alpha value is -0.610. The van der Waals surface area contributed by atoms with Gasteiger partial charge in [-0.1, -0.05) is 20.8 Å². The number of β-amino-alcohol motifs (C(OH)–C–C–N with tert-alkyl or cyclic N) is 1. The molecule has 1 fully saturated rings. The number of ether oxygens (including phenoxy) is 1. The van der Waals surface area contributed by atoms with Crippen LogP contribution in [0.3, 0.4) is 0 Å². The van der Waals surface area contributed by atoms with Crippen LogP contribution >= 0.6 is 0 Å². The second-order valence-corrected chi connectivity index (χ2v) is 5.15. The smallest absolute Gasteiger partial charge is 0.320 e. The van der Waals surface area contributed by atoms with Gasteiger partial charge in [0.15, 0.2) is 0 Å². The van der Waals surface area contributed by atoms with Gasteiger partial charge in [0.2, 0.25) is 0 Å². The average molecular weight is 229 g/mol. The molecule has 0 aromatic carbocycles. The Kier molecular flexibility index (Phi) is 5.22. The minimum absolute atomic E-state index is 0.185. The summed E-state index contributed by atoms with van der Waals surface area (Å²) in [5, 5.41) is 9.69. The molecule has 0 amide bonds. The van der Waals surface area contributed by atoms with E-state index in [0.29, 0.717) is 31.5 Å². The fourth-order valence-corrected chi connectivity index (χ4v) is 1.75. The normalized spacial score (nSPS) is 27.1. The molecule has 0 spiro atoms. The standard InChI is InChI=1S/C12H23NO3/c1-9(2)8-16-12(15)7-13-5-4-10(3)11(14)6-13/h9-11,14H,4-8H2,1-3H3. The van der Waals surface area contributed by atoms with Crippen LogP contribution in [0.4, 0.5) is 0 Å². The van der Waals surface area contributed by atoms with Crippen molar-refractivity contribution < 1.29 is 14.6 Å². The molecule has 1 rings (SSSR count). The van der Waals surface area contributed by atoms with Crippen molar-refractivity contribution in [2.24, 2.45) is 11.8 Å². The van der Waals surface area contributed by atoms with Gasteiger partial charge in [-0.25, -0.2) is 0 Å². The number of carbonyl (C=O) groups excluding carboxylic acids is 1. The molecule has 1 N–H and O–H groups in total. The van der Waals surface area contributed by atoms with E-state index in [1.54, 1.807) is 0 Å². The number of aliphatic hydroxyl groups excluding tert-OH is 1. The predicted molar refractivity (Wildman–Crippen MR) is 62.0 cm³/mol. The van der Waals surface area contributed by atoms with Crippen LogP contribution in [0, 0.1) is 11.8 Å². The lowest BCUT2D eigenvalue weighted by Gasteiger charge is -2.33. The van der Waals surface area contributed by atoms with Crippen LogP contribution in [0.25, 0.3) is 0 Å². The number of aliphatic hydroxyl groups is 1. The van der Waals surface area contributed by atoms with Gasteiger partial charge in [-0.2, -0.15) is 0 Å². The Balaban J connectivity index is 2.24. The summed E-state index contributed by atoms with van der Waals surface area (Å²) in [6, 6.07) is 0. The third-order valence-electron chi connectivity index (χ3n) is 2.93. The van der Waals surface area contributed by atoms with Crippen molar-refractivity contribution in [2.45, 2.75) is 33.3 Å². The van der Waals surface area contributed by atoms with Crippen molar-refractivity contribution in [3.05, 3.63) is 0 Å². The number of carbonyl (C=O) groups is 1. The summed E-state index contributed by atoms with van der Waals surface area (Å²) in [5.74, 6) is 0.523. The first-order valence-corrected chi connectivity index (χ1v) is 6.05. The molecule has 0 radical (unpaired) electrons. The zero-order valence-corrected chi connectivity index (χ0v) is 10.5. The molecule has 0 aromatic rings. The number of nitrogens with zero attached hydrogens (tertiary/aromatic N) is 1. The van der Waals surface area contributed by atoms with Gasteiger partial charge in [0.25, 0.3) is 0 Å². The summed E-state index contributed by atoms with van der Waals surface area (Å²) >= 11 is 0. The molecule has 1 heterocycles. The first-order valence-electron chi connectivity index (χ1n) is 6.05. The quantitative estimate of drug-likeness (QED) is 0.727. The number of likely N-dealkylation sites (tertiary alicyclic amines) is 1. The minimum Gasteiger partial charge on any atom is -0.464 e. The van der Waals surface area contributed by atoms with E-state index in [9.17, 15) is 9.90 Å². The first kappa shape index (κ1) is 13.5. The van der Waals surface area contributed by atoms with E-state index in [-0.39, 0.29) is 12.1 Å². The minimum atomic E-state index is -0.313. The molecular formula is C12H23NO3. The maximum absolute atomic E-state index is 11.5. The molecule has 0 aliphatic carbocycles. The van der Waals surface area contributed by atoms with Gasteiger partial charge in [-0.15, -0.1) is 0 Å². The lowest BCUT2D eigenvalue weighted by Crippen LogP contribution is -2.45. The molecule has 2 atom stereocenters. The Morgan fingerprint density at radius 2 is 2.25 bits per heavy atom. The summed E-state index contributed by atoms with van der Waals surface area (Å²) in [4.78, 5) is 13.4. The second-order valence-electron chi connectivity index (χ2n) is 5.15. The summed E-state index contributed by atoms with van der Waals surface area (Å²) in [6.45, 7) is 8.30. The Labute approximate surface area is 97.6 Å². The molecule has 94 valence electrons. The predicted octanol–water partition coefficient (Wildman–Crippen LogP) is 0.888. The highest BCUT2D eigenvalue weighted by molar-refractivity contribution is 5.71. The number of piperidine rings is 1. The molecule has 0 saturated carbocycles. The summed E-state index contributed by atoms with van der Waals surface area (Å²) in [7, 11) is 0. The van der Waals surface area contributed by atoms with Crippen molar-refractivity contribution in [3.63, 3.8) is 0 Å². The zero-order chi connectivity index (χ0) is 12.1. The van der Waals surface area contributed by atoms with Crippen molar-refractivity contribution >= 4 is 5.97 Å². The summed E-state index contributed by atoms with van der Waals surface area (Å²) < 4.78 is 5.11. The molecule has 0 aromatic heterocycles. The highest BCUT2D eigenvalue weighted by atomic mass is 16.5. The molecule has 1 aliphatic rings. The van der Waals surface area contributed by atoms with E-state index in [4.69, 9.17) is 4.74 Å². The van der Waals surface area contributed by atoms with Crippen LogP contribution in [-0.4, -0.2) is 48.3 Å². The van der Waals surface area contributed by atoms with Crippen LogP contribution in [-0.2, 0) is 9.53 Å². The van der Waals surface area contributed by atoms with E-state index < -0.39 is 0 Å². The number of esters is 1. The van der Waals surface area contributed by atoms with Gasteiger partial charge in [0, 0.05) is 6.54 Å². The molecule has 0 bridgehead atoms. The van der Waals surface area contributed by atoms with Crippen LogP contribution < -0.4 is 0 Å². The van der Waals surface area contributed by atoms with Crippen molar-refractivity contribution in [3.8, 4) is 0 Å². The van der Waals surface area contributed by atoms with Crippen LogP contribution in [0.15, 0.2) is 0 Å². The van der Waals surface area contributed by atoms with Gasteiger partial charge in [0.05, 0.1) is 19.3 Å². The number of rotatable bonds is 4. The Morgan fingerprint density at radius 1 is 1.56 bits per heavy atom. The maximum Gasteiger partial charge on any atom is 0.320 e. The highest BCUT2D eigenvalue weighted by Crippen LogP contribution is 2.16. The summed E-state index contributed by atoms with van der Waals surface area (Å²) in [5.41, 5.74) is 0. The van der Waals surface area contributed by atoms with E-state index in [2.05, 4.69) is 0 Å². The van der Waals surface area contributed by atoms with Gasteiger partial charge in [-0.3, -0.25) is 9.69 Å². The van der Waals surface area contributed by atoms with Gasteiger partial charge >= 0.3 is 5.97 Å². The SMILES string of the molecule is CC(C)COC(=O)CN1CCC(C)C(O)C1. The van der Waals surface area contributed by atoms with Gasteiger partial charge < -0.3 is 9.84 Å². The zero-order valence-electron chi connectivity index (χ0n) is 10.5. The monoisotopic (exact) mass is 229 g/mol. The highest BCUT2D eigenvalue weighted by Gasteiger charge is 2.25. The molecule has 4 nitrogen and oxygen atoms in total. The third kappa shape index (κ3) is 4.49. The lowest BCUT2D eigenvalue weighted by molar-refractivity contribution is -0.147. The first-order chi connectivity index (χ1) is 7.49. The fourth-order valence-electron chi connectivity index (χ4n) is 1.75. The van der Waals surface area contributed by atoms with Gasteiger partial charge in [-0.05, 0) is 24.8 Å². The molecule has 4 heteroatoms. The Morgan fingerprint density at radius 3 is 2.81 bits per heavy atom. The van der Waals surface area contributed by atoms with Crippen LogP contribution in [0.2, 0.25) is 0 Å². The Bertz CT molecular complexity index is 230. The topological polar surface area (TPSA) is 49.8 Å². The fraction of sp³-hybridized carbons (Fsp3) is 0.917. The molecule has 16 heavy (non-hydrogen) atoms. The van der Waals surface area contributed by atoms with Crippen molar-refractivity contribution in [1.29, 1.82) is 0 Å². The van der Waals surface area contributed by atoms with Crippen molar-refractivity contribution in [1.82, 2.24) is 4.90 Å². The third-order valence-corrected chi connectivity index (χ3v) is 2.93. The van der Waals surface area contributed by atoms with E-state index in [1.807, 2.05) is 25.7 Å². The van der Waals surface area contributed by atoms with E-state index in [1.165, 1.54) is 0 Å². The van der Waals surface area contributed by atoms with Gasteiger partial charge in [0.1, 0.15) is 0 Å². The molecule has 1 saturated heterocycles. The average Bonchev–Trinajstić information content (AvgIpc) is 2.21. The van der Waals surface area contributed by atoms with E-state index >= 15 is 0 Å². The number of hydrogen-bond acceptors (Lipinski definition) is 4. The largest absolute Gasteiger partial charge is 0.464 e. The van der Waals surface area contributed by atoms with Crippen LogP contribution in [0.1, 0.15) is 27.2 Å². The molecule has 2 unspecified atom stereocenters. The summed E-state index contributed by atoms with van der Waals surface area (Å²) in [6.07, 6.45) is 0.630. The lowest BCUT2D eigenvalue weighted by atomic mass is 9.96. The van der Waals surface area contributed by atoms with Crippen LogP contribution in [0.5, 0.6) is 0 Å².